The van der Waals surface area contributed by atoms with E-state index in [1.807, 2.05) is 0 Å². The van der Waals surface area contributed by atoms with Crippen molar-refractivity contribution in [1.29, 1.82) is 0 Å². The zero-order valence-corrected chi connectivity index (χ0v) is 22.5. The van der Waals surface area contributed by atoms with E-state index in [4.69, 9.17) is 0 Å². The summed E-state index contributed by atoms with van der Waals surface area (Å²) in [6.07, 6.45) is 38.2. The molecule has 0 spiro atoms. The second kappa shape index (κ2) is 22.0. The topological polar surface area (TPSA) is 8.81 Å². The second-order valence-electron chi connectivity index (χ2n) is 10.5. The molecular formula is C30H59N2+. The fraction of sp³-hybridized carbons (Fsp3) is 0.900. The number of rotatable bonds is 24. The molecule has 1 aromatic rings. The van der Waals surface area contributed by atoms with E-state index in [0.29, 0.717) is 6.04 Å². The van der Waals surface area contributed by atoms with Gasteiger partial charge >= 0.3 is 0 Å². The molecule has 1 atom stereocenters. The molecule has 1 unspecified atom stereocenters. The Morgan fingerprint density at radius 1 is 0.562 bits per heavy atom. The molecule has 0 saturated heterocycles. The molecule has 2 nitrogen and oxygen atoms in total. The molecule has 0 saturated carbocycles. The molecule has 32 heavy (non-hydrogen) atoms. The Labute approximate surface area is 202 Å². The van der Waals surface area contributed by atoms with Crippen molar-refractivity contribution in [2.45, 2.75) is 175 Å². The Hall–Kier alpha value is -0.790. The normalized spacial score (nSPS) is 12.5. The van der Waals surface area contributed by atoms with E-state index in [1.54, 1.807) is 0 Å². The number of unbranched alkanes of at least 4 members (excludes halogenated alkanes) is 19. The Kier molecular flexibility index (Phi) is 20.1. The molecule has 0 amide bonds. The van der Waals surface area contributed by atoms with E-state index in [-0.39, 0.29) is 0 Å². The number of aromatic nitrogens is 2. The van der Waals surface area contributed by atoms with Gasteiger partial charge in [0.15, 0.2) is 0 Å². The maximum absolute atomic E-state index is 2.44. The SMILES string of the molecule is CCCCCCCCCCCCCC[n+]1ccn(C(C)CCCCCCCCCCC)c1. The van der Waals surface area contributed by atoms with Gasteiger partial charge in [0.25, 0.3) is 0 Å². The van der Waals surface area contributed by atoms with Crippen LogP contribution in [0, 0.1) is 0 Å². The highest BCUT2D eigenvalue weighted by Gasteiger charge is 2.11. The fourth-order valence-corrected chi connectivity index (χ4v) is 4.84. The van der Waals surface area contributed by atoms with Gasteiger partial charge < -0.3 is 0 Å². The van der Waals surface area contributed by atoms with Crippen molar-refractivity contribution in [1.82, 2.24) is 4.57 Å². The summed E-state index contributed by atoms with van der Waals surface area (Å²) in [6.45, 7) is 8.18. The van der Waals surface area contributed by atoms with Crippen LogP contribution in [0.2, 0.25) is 0 Å². The van der Waals surface area contributed by atoms with E-state index in [0.717, 1.165) is 0 Å². The molecular weight excluding hydrogens is 388 g/mol. The van der Waals surface area contributed by atoms with Crippen molar-refractivity contribution in [2.75, 3.05) is 0 Å². The molecule has 0 N–H and O–H groups in total. The van der Waals surface area contributed by atoms with Gasteiger partial charge in [0.1, 0.15) is 12.4 Å². The first-order chi connectivity index (χ1) is 15.8. The molecule has 0 fully saturated rings. The van der Waals surface area contributed by atoms with E-state index in [9.17, 15) is 0 Å². The van der Waals surface area contributed by atoms with Gasteiger partial charge in [-0.15, -0.1) is 0 Å². The molecule has 0 aromatic carbocycles. The van der Waals surface area contributed by atoms with Crippen molar-refractivity contribution >= 4 is 0 Å². The minimum absolute atomic E-state index is 0.641. The highest BCUT2D eigenvalue weighted by atomic mass is 15.1. The van der Waals surface area contributed by atoms with Gasteiger partial charge in [-0.3, -0.25) is 0 Å². The van der Waals surface area contributed by atoms with Crippen LogP contribution in [0.5, 0.6) is 0 Å². The highest BCUT2D eigenvalue weighted by Crippen LogP contribution is 2.17. The summed E-state index contributed by atoms with van der Waals surface area (Å²) < 4.78 is 4.84. The third-order valence-electron chi connectivity index (χ3n) is 7.22. The Balaban J connectivity index is 1.94. The molecule has 1 heterocycles. The summed E-state index contributed by atoms with van der Waals surface area (Å²) in [5.41, 5.74) is 0. The number of imidazole rings is 1. The van der Waals surface area contributed by atoms with Gasteiger partial charge in [-0.25, -0.2) is 9.13 Å². The van der Waals surface area contributed by atoms with Crippen molar-refractivity contribution in [2.24, 2.45) is 0 Å². The van der Waals surface area contributed by atoms with Crippen molar-refractivity contribution in [3.05, 3.63) is 18.7 Å². The van der Waals surface area contributed by atoms with Gasteiger partial charge in [-0.2, -0.15) is 0 Å². The van der Waals surface area contributed by atoms with Crippen LogP contribution in [0.25, 0.3) is 0 Å². The van der Waals surface area contributed by atoms with Crippen LogP contribution in [-0.2, 0) is 6.54 Å². The quantitative estimate of drug-likeness (QED) is 0.110. The second-order valence-corrected chi connectivity index (χ2v) is 10.5. The summed E-state index contributed by atoms with van der Waals surface area (Å²) in [5, 5.41) is 0. The smallest absolute Gasteiger partial charge is 0.237 e. The van der Waals surface area contributed by atoms with Crippen LogP contribution in [0.3, 0.4) is 0 Å². The van der Waals surface area contributed by atoms with Crippen LogP contribution >= 0.6 is 0 Å². The average Bonchev–Trinajstić information content (AvgIpc) is 3.27. The fourth-order valence-electron chi connectivity index (χ4n) is 4.84. The third kappa shape index (κ3) is 16.8. The maximum atomic E-state index is 2.44. The van der Waals surface area contributed by atoms with Crippen LogP contribution < -0.4 is 4.57 Å². The zero-order chi connectivity index (χ0) is 23.1. The average molecular weight is 448 g/mol. The molecule has 0 aliphatic rings. The minimum Gasteiger partial charge on any atom is -0.237 e. The number of aryl methyl sites for hydroxylation is 1. The Morgan fingerprint density at radius 3 is 1.44 bits per heavy atom. The molecule has 0 bridgehead atoms. The summed E-state index contributed by atoms with van der Waals surface area (Å²) in [7, 11) is 0. The van der Waals surface area contributed by atoms with Crippen LogP contribution in [0.15, 0.2) is 18.7 Å². The lowest BCUT2D eigenvalue weighted by molar-refractivity contribution is -0.697. The van der Waals surface area contributed by atoms with Crippen LogP contribution in [-0.4, -0.2) is 4.57 Å². The lowest BCUT2D eigenvalue weighted by atomic mass is 10.0. The number of hydrogen-bond acceptors (Lipinski definition) is 0. The van der Waals surface area contributed by atoms with Gasteiger partial charge in [0.2, 0.25) is 6.33 Å². The molecule has 1 rings (SSSR count). The third-order valence-corrected chi connectivity index (χ3v) is 7.22. The predicted molar refractivity (Wildman–Crippen MR) is 142 cm³/mol. The minimum atomic E-state index is 0.641. The lowest BCUT2D eigenvalue weighted by Gasteiger charge is -2.08. The van der Waals surface area contributed by atoms with Gasteiger partial charge in [-0.05, 0) is 32.6 Å². The van der Waals surface area contributed by atoms with Crippen LogP contribution in [0.4, 0.5) is 0 Å². The maximum Gasteiger partial charge on any atom is 0.243 e. The predicted octanol–water partition coefficient (Wildman–Crippen LogP) is 9.96. The van der Waals surface area contributed by atoms with Gasteiger partial charge in [0.05, 0.1) is 12.6 Å². The highest BCUT2D eigenvalue weighted by molar-refractivity contribution is 4.72. The number of hydrogen-bond donors (Lipinski definition) is 0. The van der Waals surface area contributed by atoms with E-state index < -0.39 is 0 Å². The molecule has 0 aliphatic carbocycles. The zero-order valence-electron chi connectivity index (χ0n) is 22.5. The molecule has 2 heteroatoms. The first kappa shape index (κ1) is 29.2. The van der Waals surface area contributed by atoms with E-state index in [2.05, 4.69) is 48.6 Å². The summed E-state index contributed by atoms with van der Waals surface area (Å²) in [6, 6.07) is 0.641. The molecule has 1 aromatic heterocycles. The van der Waals surface area contributed by atoms with Crippen molar-refractivity contribution in [3.8, 4) is 0 Å². The number of nitrogens with zero attached hydrogens (tertiary/aromatic N) is 2. The van der Waals surface area contributed by atoms with E-state index >= 15 is 0 Å². The summed E-state index contributed by atoms with van der Waals surface area (Å²) >= 11 is 0. The first-order valence-electron chi connectivity index (χ1n) is 14.8. The molecule has 0 radical (unpaired) electrons. The summed E-state index contributed by atoms with van der Waals surface area (Å²) in [5.74, 6) is 0. The Bertz CT molecular complexity index is 493. The van der Waals surface area contributed by atoms with Gasteiger partial charge in [0, 0.05) is 0 Å². The Morgan fingerprint density at radius 2 is 0.969 bits per heavy atom. The van der Waals surface area contributed by atoms with Crippen molar-refractivity contribution in [3.63, 3.8) is 0 Å². The van der Waals surface area contributed by atoms with Crippen LogP contribution in [0.1, 0.15) is 168 Å². The molecule has 188 valence electrons. The molecule has 0 aliphatic heterocycles. The van der Waals surface area contributed by atoms with E-state index in [1.165, 1.54) is 148 Å². The standard InChI is InChI=1S/C30H59N2/c1-4-6-8-10-12-14-15-16-18-20-22-24-26-31-27-28-32(29-31)30(3)25-23-21-19-17-13-11-9-7-5-2/h27-30H,4-26H2,1-3H3/q+1. The monoisotopic (exact) mass is 447 g/mol. The largest absolute Gasteiger partial charge is 0.243 e. The van der Waals surface area contributed by atoms with Gasteiger partial charge in [-0.1, -0.05) is 129 Å². The summed E-state index contributed by atoms with van der Waals surface area (Å²) in [4.78, 5) is 0. The lowest BCUT2D eigenvalue weighted by Crippen LogP contribution is -2.31. The first-order valence-corrected chi connectivity index (χ1v) is 14.8. The van der Waals surface area contributed by atoms with Crippen molar-refractivity contribution < 1.29 is 4.57 Å².